The molecule has 0 atom stereocenters. The molecule has 0 aliphatic heterocycles. The zero-order chi connectivity index (χ0) is 12.1. The van der Waals surface area contributed by atoms with Crippen LogP contribution in [0.4, 0.5) is 0 Å². The Bertz CT molecular complexity index is 446. The Kier molecular flexibility index (Phi) is 3.97. The number of amides is 1. The topological polar surface area (TPSA) is 70.8 Å². The molecule has 1 rings (SSSR count). The van der Waals surface area contributed by atoms with Gasteiger partial charge in [-0.05, 0) is 23.7 Å². The molecule has 1 N–H and O–H groups in total. The molecule has 0 saturated heterocycles. The first kappa shape index (κ1) is 12.1. The summed E-state index contributed by atoms with van der Waals surface area (Å²) in [6, 6.07) is 2.75. The molecule has 0 unspecified atom stereocenters. The lowest BCUT2D eigenvalue weighted by Crippen LogP contribution is -2.35. The van der Waals surface area contributed by atoms with Gasteiger partial charge in [-0.2, -0.15) is 0 Å². The number of aliphatic carboxylic acids is 1. The molecular formula is C10H8ClNO4. The number of halogens is 1. The standard InChI is InChI=1S/C10H8ClNO4/c1-2-5-12(6-9(13)14)10(15)7-3-4-8(11)16-7/h1,3-4H,5-6H2,(H,13,14). The summed E-state index contributed by atoms with van der Waals surface area (Å²) in [5, 5.41) is 8.65. The quantitative estimate of drug-likeness (QED) is 0.801. The number of carboxylic acid groups (broad SMARTS) is 1. The maximum Gasteiger partial charge on any atom is 0.323 e. The molecule has 1 amide bonds. The minimum Gasteiger partial charge on any atom is -0.480 e. The van der Waals surface area contributed by atoms with Crippen LogP contribution in [-0.4, -0.2) is 35.0 Å². The van der Waals surface area contributed by atoms with Crippen molar-refractivity contribution in [3.8, 4) is 12.3 Å². The molecule has 0 radical (unpaired) electrons. The van der Waals surface area contributed by atoms with Crippen molar-refractivity contribution >= 4 is 23.5 Å². The Balaban J connectivity index is 2.83. The molecule has 1 aromatic rings. The normalized spacial score (nSPS) is 9.50. The number of carbonyl (C=O) groups is 2. The van der Waals surface area contributed by atoms with Crippen molar-refractivity contribution in [2.24, 2.45) is 0 Å². The van der Waals surface area contributed by atoms with E-state index in [2.05, 4.69) is 5.92 Å². The van der Waals surface area contributed by atoms with Gasteiger partial charge in [0.05, 0.1) is 6.54 Å². The molecule has 0 aliphatic carbocycles. The highest BCUT2D eigenvalue weighted by Gasteiger charge is 2.20. The highest BCUT2D eigenvalue weighted by Crippen LogP contribution is 2.14. The van der Waals surface area contributed by atoms with Crippen LogP contribution in [0, 0.1) is 12.3 Å². The molecule has 0 aliphatic rings. The number of rotatable bonds is 4. The van der Waals surface area contributed by atoms with Crippen molar-refractivity contribution in [1.29, 1.82) is 0 Å². The molecule has 16 heavy (non-hydrogen) atoms. The van der Waals surface area contributed by atoms with Crippen molar-refractivity contribution in [1.82, 2.24) is 4.90 Å². The van der Waals surface area contributed by atoms with Gasteiger partial charge in [-0.1, -0.05) is 5.92 Å². The lowest BCUT2D eigenvalue weighted by atomic mass is 10.3. The predicted octanol–water partition coefficient (Wildman–Crippen LogP) is 1.09. The number of hydrogen-bond donors (Lipinski definition) is 1. The van der Waals surface area contributed by atoms with E-state index in [0.717, 1.165) is 4.90 Å². The summed E-state index contributed by atoms with van der Waals surface area (Å²) in [6.45, 7) is -0.592. The van der Waals surface area contributed by atoms with E-state index in [9.17, 15) is 9.59 Å². The van der Waals surface area contributed by atoms with Gasteiger partial charge >= 0.3 is 5.97 Å². The summed E-state index contributed by atoms with van der Waals surface area (Å²) in [7, 11) is 0. The van der Waals surface area contributed by atoms with E-state index in [1.165, 1.54) is 12.1 Å². The van der Waals surface area contributed by atoms with Gasteiger partial charge in [0.1, 0.15) is 6.54 Å². The van der Waals surface area contributed by atoms with Crippen molar-refractivity contribution in [3.63, 3.8) is 0 Å². The third-order valence-corrected chi connectivity index (χ3v) is 1.88. The van der Waals surface area contributed by atoms with Crippen LogP contribution in [-0.2, 0) is 4.79 Å². The van der Waals surface area contributed by atoms with Gasteiger partial charge in [-0.15, -0.1) is 6.42 Å². The number of hydrogen-bond acceptors (Lipinski definition) is 3. The SMILES string of the molecule is C#CCN(CC(=O)O)C(=O)c1ccc(Cl)o1. The summed E-state index contributed by atoms with van der Waals surface area (Å²) in [5.74, 6) is 0.401. The van der Waals surface area contributed by atoms with E-state index in [4.69, 9.17) is 27.5 Å². The van der Waals surface area contributed by atoms with Crippen LogP contribution in [0.2, 0.25) is 5.22 Å². The van der Waals surface area contributed by atoms with Gasteiger partial charge in [-0.25, -0.2) is 0 Å². The van der Waals surface area contributed by atoms with Crippen molar-refractivity contribution in [2.45, 2.75) is 0 Å². The Morgan fingerprint density at radius 3 is 2.69 bits per heavy atom. The first-order valence-electron chi connectivity index (χ1n) is 4.24. The monoisotopic (exact) mass is 241 g/mol. The second-order valence-corrected chi connectivity index (χ2v) is 3.24. The second kappa shape index (κ2) is 5.24. The molecule has 1 aromatic heterocycles. The summed E-state index contributed by atoms with van der Waals surface area (Å²) in [5.41, 5.74) is 0. The smallest absolute Gasteiger partial charge is 0.323 e. The van der Waals surface area contributed by atoms with Crippen LogP contribution in [0.3, 0.4) is 0 Å². The zero-order valence-electron chi connectivity index (χ0n) is 8.14. The number of furan rings is 1. The van der Waals surface area contributed by atoms with Crippen LogP contribution >= 0.6 is 11.6 Å². The van der Waals surface area contributed by atoms with Crippen LogP contribution in [0.15, 0.2) is 16.5 Å². The molecule has 0 spiro atoms. The summed E-state index contributed by atoms with van der Waals surface area (Å²) < 4.78 is 4.87. The second-order valence-electron chi connectivity index (χ2n) is 2.86. The highest BCUT2D eigenvalue weighted by atomic mass is 35.5. The number of terminal acetylenes is 1. The largest absolute Gasteiger partial charge is 0.480 e. The van der Waals surface area contributed by atoms with Gasteiger partial charge in [0, 0.05) is 0 Å². The first-order chi connectivity index (χ1) is 7.54. The van der Waals surface area contributed by atoms with Gasteiger partial charge in [-0.3, -0.25) is 9.59 Å². The van der Waals surface area contributed by atoms with Gasteiger partial charge < -0.3 is 14.4 Å². The van der Waals surface area contributed by atoms with Crippen LogP contribution in [0.25, 0.3) is 0 Å². The average molecular weight is 242 g/mol. The van der Waals surface area contributed by atoms with E-state index in [-0.39, 0.29) is 17.5 Å². The summed E-state index contributed by atoms with van der Waals surface area (Å²) in [4.78, 5) is 23.2. The molecule has 0 saturated carbocycles. The predicted molar refractivity (Wildman–Crippen MR) is 56.1 cm³/mol. The van der Waals surface area contributed by atoms with E-state index < -0.39 is 18.4 Å². The fraction of sp³-hybridized carbons (Fsp3) is 0.200. The van der Waals surface area contributed by atoms with Gasteiger partial charge in [0.2, 0.25) is 0 Å². The van der Waals surface area contributed by atoms with Crippen molar-refractivity contribution in [2.75, 3.05) is 13.1 Å². The molecule has 84 valence electrons. The molecule has 0 fully saturated rings. The molecule has 1 heterocycles. The Morgan fingerprint density at radius 2 is 2.25 bits per heavy atom. The zero-order valence-corrected chi connectivity index (χ0v) is 8.90. The average Bonchev–Trinajstić information content (AvgIpc) is 2.62. The molecule has 0 aromatic carbocycles. The molecule has 6 heteroatoms. The minimum atomic E-state index is -1.15. The fourth-order valence-electron chi connectivity index (χ4n) is 1.06. The van der Waals surface area contributed by atoms with Crippen molar-refractivity contribution in [3.05, 3.63) is 23.1 Å². The molecule has 5 nitrogen and oxygen atoms in total. The molecule has 0 bridgehead atoms. The van der Waals surface area contributed by atoms with E-state index in [1.54, 1.807) is 0 Å². The number of carboxylic acids is 1. The van der Waals surface area contributed by atoms with Crippen molar-refractivity contribution < 1.29 is 19.1 Å². The van der Waals surface area contributed by atoms with E-state index in [1.807, 2.05) is 0 Å². The molecular weight excluding hydrogens is 234 g/mol. The fourth-order valence-corrected chi connectivity index (χ4v) is 1.20. The summed E-state index contributed by atoms with van der Waals surface area (Å²) >= 11 is 5.50. The number of nitrogens with zero attached hydrogens (tertiary/aromatic N) is 1. The first-order valence-corrected chi connectivity index (χ1v) is 4.62. The Hall–Kier alpha value is -1.93. The Morgan fingerprint density at radius 1 is 1.56 bits per heavy atom. The van der Waals surface area contributed by atoms with Gasteiger partial charge in [0.25, 0.3) is 5.91 Å². The minimum absolute atomic E-state index is 0.0403. The van der Waals surface area contributed by atoms with Crippen LogP contribution < -0.4 is 0 Å². The third kappa shape index (κ3) is 3.04. The van der Waals surface area contributed by atoms with Crippen LogP contribution in [0.1, 0.15) is 10.6 Å². The lowest BCUT2D eigenvalue weighted by molar-refractivity contribution is -0.137. The summed E-state index contributed by atoms with van der Waals surface area (Å²) in [6.07, 6.45) is 5.03. The van der Waals surface area contributed by atoms with E-state index >= 15 is 0 Å². The lowest BCUT2D eigenvalue weighted by Gasteiger charge is -2.15. The highest BCUT2D eigenvalue weighted by molar-refractivity contribution is 6.29. The maximum absolute atomic E-state index is 11.7. The maximum atomic E-state index is 11.7. The van der Waals surface area contributed by atoms with E-state index in [0.29, 0.717) is 0 Å². The third-order valence-electron chi connectivity index (χ3n) is 1.68. The van der Waals surface area contributed by atoms with Gasteiger partial charge in [0.15, 0.2) is 11.0 Å². The van der Waals surface area contributed by atoms with Crippen LogP contribution in [0.5, 0.6) is 0 Å². The number of carbonyl (C=O) groups excluding carboxylic acids is 1. The Labute approximate surface area is 96.6 Å².